The molecule has 0 radical (unpaired) electrons. The van der Waals surface area contributed by atoms with E-state index >= 15 is 0 Å². The second-order valence-electron chi connectivity index (χ2n) is 5.36. The van der Waals surface area contributed by atoms with Gasteiger partial charge in [-0.2, -0.15) is 13.5 Å². The van der Waals surface area contributed by atoms with E-state index < -0.39 is 10.1 Å². The van der Waals surface area contributed by atoms with E-state index in [0.29, 0.717) is 22.1 Å². The average molecular weight is 365 g/mol. The average Bonchev–Trinajstić information content (AvgIpc) is 2.55. The first-order valence-electron chi connectivity index (χ1n) is 7.13. The number of nitrogen functional groups attached to an aromatic ring is 1. The Labute approximate surface area is 167 Å². The van der Waals surface area contributed by atoms with E-state index in [-0.39, 0.29) is 40.1 Å². The van der Waals surface area contributed by atoms with Crippen LogP contribution >= 0.6 is 0 Å². The van der Waals surface area contributed by atoms with Crippen molar-refractivity contribution in [3.05, 3.63) is 60.2 Å². The molecule has 6 nitrogen and oxygen atoms in total. The monoisotopic (exact) mass is 365 g/mol. The molecule has 3 rings (SSSR count). The summed E-state index contributed by atoms with van der Waals surface area (Å²) in [4.78, 5) is -0.245. The van der Waals surface area contributed by atoms with Crippen molar-refractivity contribution in [2.45, 2.75) is 11.8 Å². The molecule has 0 atom stereocenters. The number of aryl methyl sites for hydroxylation is 1. The van der Waals surface area contributed by atoms with Crippen molar-refractivity contribution in [2.75, 3.05) is 5.73 Å². The predicted octanol–water partition coefficient (Wildman–Crippen LogP) is 3.74. The van der Waals surface area contributed by atoms with Gasteiger partial charge in [-0.3, -0.25) is 4.55 Å². The summed E-state index contributed by atoms with van der Waals surface area (Å²) in [7, 11) is -4.41. The van der Waals surface area contributed by atoms with Gasteiger partial charge < -0.3 is 5.73 Å². The van der Waals surface area contributed by atoms with Crippen molar-refractivity contribution in [2.24, 2.45) is 10.2 Å². The van der Waals surface area contributed by atoms with Crippen LogP contribution in [0, 0.1) is 6.92 Å². The van der Waals surface area contributed by atoms with E-state index in [1.165, 1.54) is 6.07 Å². The summed E-state index contributed by atoms with van der Waals surface area (Å²) in [5, 5.41) is 8.96. The first kappa shape index (κ1) is 19.6. The number of azo groups is 1. The first-order chi connectivity index (χ1) is 11.4. The van der Waals surface area contributed by atoms with Crippen LogP contribution in [0.1, 0.15) is 5.56 Å². The van der Waals surface area contributed by atoms with Gasteiger partial charge >= 0.3 is 29.6 Å². The van der Waals surface area contributed by atoms with E-state index in [0.717, 1.165) is 5.56 Å². The van der Waals surface area contributed by atoms with Crippen LogP contribution in [0.4, 0.5) is 17.1 Å². The molecule has 25 heavy (non-hydrogen) atoms. The molecule has 0 saturated carbocycles. The van der Waals surface area contributed by atoms with Gasteiger partial charge in [0.1, 0.15) is 10.6 Å². The van der Waals surface area contributed by atoms with E-state index in [1.807, 2.05) is 19.1 Å². The summed E-state index contributed by atoms with van der Waals surface area (Å²) in [5.41, 5.74) is 8.27. The third kappa shape index (κ3) is 4.26. The van der Waals surface area contributed by atoms with Crippen LogP contribution in [-0.2, 0) is 10.1 Å². The Hall–Kier alpha value is -1.77. The summed E-state index contributed by atoms with van der Waals surface area (Å²) in [6, 6.07) is 15.2. The molecule has 0 bridgehead atoms. The van der Waals surface area contributed by atoms with Crippen molar-refractivity contribution < 1.29 is 13.0 Å². The van der Waals surface area contributed by atoms with Gasteiger partial charge in [-0.1, -0.05) is 42.0 Å². The fourth-order valence-corrected chi connectivity index (χ4v) is 3.09. The number of rotatable bonds is 3. The molecule has 124 valence electrons. The molecular weight excluding hydrogens is 349 g/mol. The van der Waals surface area contributed by atoms with Crippen molar-refractivity contribution in [1.29, 1.82) is 0 Å². The minimum atomic E-state index is -4.41. The Morgan fingerprint density at radius 3 is 2.16 bits per heavy atom. The van der Waals surface area contributed by atoms with Crippen LogP contribution in [-0.4, -0.2) is 42.5 Å². The molecule has 0 aliphatic heterocycles. The predicted molar refractivity (Wildman–Crippen MR) is 101 cm³/mol. The second-order valence-corrected chi connectivity index (χ2v) is 6.75. The number of hydrogen-bond acceptors (Lipinski definition) is 5. The SMILES string of the molecule is Cc1ccc(/N=N/c2cc(S(=O)(=O)O)c3ccccc3c2N)cc1.[NaH]. The van der Waals surface area contributed by atoms with Crippen LogP contribution in [0.25, 0.3) is 10.8 Å². The Morgan fingerprint density at radius 1 is 0.960 bits per heavy atom. The van der Waals surface area contributed by atoms with Crippen molar-refractivity contribution in [1.82, 2.24) is 0 Å². The van der Waals surface area contributed by atoms with Gasteiger partial charge in [0, 0.05) is 10.8 Å². The van der Waals surface area contributed by atoms with Crippen LogP contribution < -0.4 is 5.73 Å². The quantitative estimate of drug-likeness (QED) is 0.319. The molecule has 0 amide bonds. The van der Waals surface area contributed by atoms with Gasteiger partial charge in [0.2, 0.25) is 0 Å². The zero-order valence-corrected chi connectivity index (χ0v) is 13.7. The summed E-state index contributed by atoms with van der Waals surface area (Å²) in [5.74, 6) is 0. The van der Waals surface area contributed by atoms with E-state index in [4.69, 9.17) is 5.73 Å². The molecule has 8 heteroatoms. The molecule has 0 aliphatic carbocycles. The van der Waals surface area contributed by atoms with E-state index in [1.54, 1.807) is 36.4 Å². The molecule has 0 aliphatic rings. The third-order valence-corrected chi connectivity index (χ3v) is 4.51. The zero-order chi connectivity index (χ0) is 17.3. The maximum atomic E-state index is 11.7. The van der Waals surface area contributed by atoms with Crippen molar-refractivity contribution in [3.8, 4) is 0 Å². The fourth-order valence-electron chi connectivity index (χ4n) is 2.37. The number of fused-ring (bicyclic) bond motifs is 1. The number of hydrogen-bond donors (Lipinski definition) is 2. The fraction of sp³-hybridized carbons (Fsp3) is 0.0588. The van der Waals surface area contributed by atoms with Crippen LogP contribution in [0.2, 0.25) is 0 Å². The van der Waals surface area contributed by atoms with E-state index in [9.17, 15) is 13.0 Å². The van der Waals surface area contributed by atoms with Crippen LogP contribution in [0.5, 0.6) is 0 Å². The van der Waals surface area contributed by atoms with Crippen LogP contribution in [0.3, 0.4) is 0 Å². The number of benzene rings is 3. The Morgan fingerprint density at radius 2 is 1.56 bits per heavy atom. The molecule has 0 heterocycles. The standard InChI is InChI=1S/C17H15N3O3S.Na.H/c1-11-6-8-12(9-7-11)19-20-15-10-16(24(21,22)23)13-4-2-3-5-14(13)17(15)18;;/h2-10H,18H2,1H3,(H,21,22,23);;/b20-19+;;. The molecule has 0 aromatic heterocycles. The summed E-state index contributed by atoms with van der Waals surface area (Å²) >= 11 is 0. The number of nitrogens with two attached hydrogens (primary N) is 1. The van der Waals surface area contributed by atoms with Crippen molar-refractivity contribution in [3.63, 3.8) is 0 Å². The summed E-state index contributed by atoms with van der Waals surface area (Å²) < 4.78 is 32.8. The minimum absolute atomic E-state index is 0. The van der Waals surface area contributed by atoms with Gasteiger partial charge in [0.05, 0.1) is 11.4 Å². The topological polar surface area (TPSA) is 105 Å². The Balaban J connectivity index is 0.00000225. The van der Waals surface area contributed by atoms with Crippen molar-refractivity contribution >= 4 is 67.5 Å². The molecule has 0 unspecified atom stereocenters. The van der Waals surface area contributed by atoms with Gasteiger partial charge in [0.15, 0.2) is 0 Å². The van der Waals surface area contributed by atoms with Gasteiger partial charge in [-0.05, 0) is 25.1 Å². The third-order valence-electron chi connectivity index (χ3n) is 3.61. The molecule has 3 aromatic rings. The summed E-state index contributed by atoms with van der Waals surface area (Å²) in [6.45, 7) is 1.96. The summed E-state index contributed by atoms with van der Waals surface area (Å²) in [6.07, 6.45) is 0. The van der Waals surface area contributed by atoms with Gasteiger partial charge in [-0.15, -0.1) is 5.11 Å². The molecule has 3 N–H and O–H groups in total. The molecule has 0 saturated heterocycles. The maximum absolute atomic E-state index is 11.7. The first-order valence-corrected chi connectivity index (χ1v) is 8.57. The Bertz CT molecular complexity index is 1050. The molecule has 0 fully saturated rings. The molecular formula is C17H16N3NaO3S. The number of nitrogens with zero attached hydrogens (tertiary/aromatic N) is 2. The van der Waals surface area contributed by atoms with Gasteiger partial charge in [-0.25, -0.2) is 0 Å². The zero-order valence-electron chi connectivity index (χ0n) is 12.8. The van der Waals surface area contributed by atoms with Gasteiger partial charge in [0.25, 0.3) is 10.1 Å². The molecule has 0 spiro atoms. The normalized spacial score (nSPS) is 11.6. The number of anilines is 1. The second kappa shape index (κ2) is 7.63. The Kier molecular flexibility index (Phi) is 5.97. The molecule has 3 aromatic carbocycles. The van der Waals surface area contributed by atoms with E-state index in [2.05, 4.69) is 10.2 Å². The van der Waals surface area contributed by atoms with Crippen LogP contribution in [0.15, 0.2) is 69.7 Å².